The molecule has 1 saturated heterocycles. The van der Waals surface area contributed by atoms with Crippen LogP contribution in [0.15, 0.2) is 42.6 Å². The molecule has 2 aromatic rings. The lowest BCUT2D eigenvalue weighted by molar-refractivity contribution is -0.120. The van der Waals surface area contributed by atoms with Crippen molar-refractivity contribution in [2.45, 2.75) is 26.2 Å². The smallest absolute Gasteiger partial charge is 0.228 e. The van der Waals surface area contributed by atoms with Crippen molar-refractivity contribution in [3.8, 4) is 11.6 Å². The van der Waals surface area contributed by atoms with Gasteiger partial charge in [0.25, 0.3) is 0 Å². The number of anilines is 1. The SMILES string of the molecule is CCc1cccc(Oc2ccc(NC(=O)C3CCCNC3)cn2)c1.Cl.Cl. The molecule has 3 rings (SSSR count). The fourth-order valence-corrected chi connectivity index (χ4v) is 2.78. The Labute approximate surface area is 166 Å². The summed E-state index contributed by atoms with van der Waals surface area (Å²) >= 11 is 0. The van der Waals surface area contributed by atoms with Crippen molar-refractivity contribution in [2.24, 2.45) is 5.92 Å². The largest absolute Gasteiger partial charge is 0.439 e. The van der Waals surface area contributed by atoms with Crippen LogP contribution in [-0.2, 0) is 11.2 Å². The maximum Gasteiger partial charge on any atom is 0.228 e. The molecule has 0 aliphatic carbocycles. The lowest BCUT2D eigenvalue weighted by Gasteiger charge is -2.21. The number of nitrogens with zero attached hydrogens (tertiary/aromatic N) is 1. The predicted octanol–water partition coefficient (Wildman–Crippen LogP) is 4.22. The van der Waals surface area contributed by atoms with Gasteiger partial charge < -0.3 is 15.4 Å². The number of hydrogen-bond acceptors (Lipinski definition) is 4. The van der Waals surface area contributed by atoms with E-state index in [1.807, 2.05) is 24.3 Å². The van der Waals surface area contributed by atoms with Crippen molar-refractivity contribution in [2.75, 3.05) is 18.4 Å². The van der Waals surface area contributed by atoms with Crippen LogP contribution in [0.3, 0.4) is 0 Å². The van der Waals surface area contributed by atoms with Crippen LogP contribution in [0, 0.1) is 5.92 Å². The maximum absolute atomic E-state index is 12.2. The number of carbonyl (C=O) groups is 1. The fourth-order valence-electron chi connectivity index (χ4n) is 2.78. The highest BCUT2D eigenvalue weighted by molar-refractivity contribution is 5.92. The predicted molar refractivity (Wildman–Crippen MR) is 109 cm³/mol. The van der Waals surface area contributed by atoms with Crippen molar-refractivity contribution in [3.63, 3.8) is 0 Å². The lowest BCUT2D eigenvalue weighted by Crippen LogP contribution is -2.37. The number of nitrogens with one attached hydrogen (secondary N) is 2. The van der Waals surface area contributed by atoms with E-state index in [2.05, 4.69) is 28.6 Å². The van der Waals surface area contributed by atoms with Gasteiger partial charge >= 0.3 is 0 Å². The number of ether oxygens (including phenoxy) is 1. The second-order valence-electron chi connectivity index (χ2n) is 6.02. The number of halogens is 2. The molecule has 0 saturated carbocycles. The van der Waals surface area contributed by atoms with Gasteiger partial charge in [-0.3, -0.25) is 4.79 Å². The molecule has 142 valence electrons. The Hall–Kier alpha value is -1.82. The zero-order valence-corrected chi connectivity index (χ0v) is 16.4. The molecule has 1 aromatic heterocycles. The summed E-state index contributed by atoms with van der Waals surface area (Å²) in [5.74, 6) is 1.37. The summed E-state index contributed by atoms with van der Waals surface area (Å²) in [6.45, 7) is 3.85. The topological polar surface area (TPSA) is 63.2 Å². The number of pyridine rings is 1. The fraction of sp³-hybridized carbons (Fsp3) is 0.368. The molecule has 0 radical (unpaired) electrons. The summed E-state index contributed by atoms with van der Waals surface area (Å²) in [6, 6.07) is 11.5. The van der Waals surface area contributed by atoms with Gasteiger partial charge in [-0.05, 0) is 49.6 Å². The number of amides is 1. The van der Waals surface area contributed by atoms with Gasteiger partial charge in [0, 0.05) is 12.6 Å². The lowest BCUT2D eigenvalue weighted by atomic mass is 9.99. The molecule has 1 aliphatic rings. The average Bonchev–Trinajstić information content (AvgIpc) is 2.64. The molecular weight excluding hydrogens is 373 g/mol. The van der Waals surface area contributed by atoms with Crippen LogP contribution in [0.1, 0.15) is 25.3 Å². The van der Waals surface area contributed by atoms with E-state index in [0.29, 0.717) is 11.6 Å². The number of carbonyl (C=O) groups excluding carboxylic acids is 1. The Morgan fingerprint density at radius 2 is 2.15 bits per heavy atom. The highest BCUT2D eigenvalue weighted by Crippen LogP contribution is 2.22. The highest BCUT2D eigenvalue weighted by atomic mass is 35.5. The van der Waals surface area contributed by atoms with Crippen LogP contribution in [0.5, 0.6) is 11.6 Å². The van der Waals surface area contributed by atoms with Crippen LogP contribution in [-0.4, -0.2) is 24.0 Å². The normalized spacial score (nSPS) is 16.0. The van der Waals surface area contributed by atoms with E-state index >= 15 is 0 Å². The van der Waals surface area contributed by atoms with E-state index in [1.165, 1.54) is 5.56 Å². The molecule has 26 heavy (non-hydrogen) atoms. The average molecular weight is 398 g/mol. The third kappa shape index (κ3) is 6.16. The quantitative estimate of drug-likeness (QED) is 0.792. The summed E-state index contributed by atoms with van der Waals surface area (Å²) < 4.78 is 5.76. The highest BCUT2D eigenvalue weighted by Gasteiger charge is 2.20. The zero-order valence-electron chi connectivity index (χ0n) is 14.7. The van der Waals surface area contributed by atoms with E-state index in [-0.39, 0.29) is 36.6 Å². The van der Waals surface area contributed by atoms with E-state index < -0.39 is 0 Å². The molecule has 1 unspecified atom stereocenters. The van der Waals surface area contributed by atoms with Gasteiger partial charge in [0.05, 0.1) is 17.8 Å². The molecule has 2 heterocycles. The van der Waals surface area contributed by atoms with E-state index in [9.17, 15) is 4.79 Å². The van der Waals surface area contributed by atoms with E-state index in [4.69, 9.17) is 4.74 Å². The minimum absolute atomic E-state index is 0. The van der Waals surface area contributed by atoms with Crippen molar-refractivity contribution < 1.29 is 9.53 Å². The molecule has 1 fully saturated rings. The van der Waals surface area contributed by atoms with Crippen LogP contribution < -0.4 is 15.4 Å². The standard InChI is InChI=1S/C19H23N3O2.2ClH/c1-2-14-5-3-7-17(11-14)24-18-9-8-16(13-21-18)22-19(23)15-6-4-10-20-12-15;;/h3,5,7-9,11,13,15,20H,2,4,6,10,12H2,1H3,(H,22,23);2*1H. The van der Waals surface area contributed by atoms with E-state index in [0.717, 1.165) is 38.1 Å². The number of piperidine rings is 1. The third-order valence-electron chi connectivity index (χ3n) is 4.20. The molecule has 7 heteroatoms. The van der Waals surface area contributed by atoms with Gasteiger partial charge in [-0.1, -0.05) is 19.1 Å². The summed E-state index contributed by atoms with van der Waals surface area (Å²) in [5, 5.41) is 6.17. The molecular formula is C19H25Cl2N3O2. The molecule has 1 atom stereocenters. The van der Waals surface area contributed by atoms with Crippen molar-refractivity contribution in [1.29, 1.82) is 0 Å². The van der Waals surface area contributed by atoms with Gasteiger partial charge in [-0.25, -0.2) is 4.98 Å². The first kappa shape index (κ1) is 22.2. The van der Waals surface area contributed by atoms with Crippen molar-refractivity contribution in [3.05, 3.63) is 48.2 Å². The van der Waals surface area contributed by atoms with Gasteiger partial charge in [-0.2, -0.15) is 0 Å². The van der Waals surface area contributed by atoms with Crippen LogP contribution >= 0.6 is 24.8 Å². The van der Waals surface area contributed by atoms with Crippen molar-refractivity contribution >= 4 is 36.4 Å². The number of benzene rings is 1. The molecule has 0 spiro atoms. The van der Waals surface area contributed by atoms with Gasteiger partial charge in [0.1, 0.15) is 5.75 Å². The Bertz CT molecular complexity index is 689. The monoisotopic (exact) mass is 397 g/mol. The van der Waals surface area contributed by atoms with Crippen molar-refractivity contribution in [1.82, 2.24) is 10.3 Å². The number of aryl methyl sites for hydroxylation is 1. The van der Waals surface area contributed by atoms with Gasteiger partial charge in [-0.15, -0.1) is 24.8 Å². The van der Waals surface area contributed by atoms with Crippen LogP contribution in [0.25, 0.3) is 0 Å². The molecule has 1 amide bonds. The second kappa shape index (κ2) is 11.0. The minimum atomic E-state index is 0. The number of hydrogen-bond donors (Lipinski definition) is 2. The van der Waals surface area contributed by atoms with Gasteiger partial charge in [0.15, 0.2) is 0 Å². The summed E-state index contributed by atoms with van der Waals surface area (Å²) in [5.41, 5.74) is 1.91. The summed E-state index contributed by atoms with van der Waals surface area (Å²) in [6.07, 6.45) is 4.57. The molecule has 1 aliphatic heterocycles. The Kier molecular flexibility index (Phi) is 9.41. The number of rotatable bonds is 5. The Morgan fingerprint density at radius 3 is 2.81 bits per heavy atom. The molecule has 5 nitrogen and oxygen atoms in total. The Balaban J connectivity index is 0.00000169. The summed E-state index contributed by atoms with van der Waals surface area (Å²) in [7, 11) is 0. The summed E-state index contributed by atoms with van der Waals surface area (Å²) in [4.78, 5) is 16.5. The third-order valence-corrected chi connectivity index (χ3v) is 4.20. The first-order valence-corrected chi connectivity index (χ1v) is 8.49. The van der Waals surface area contributed by atoms with E-state index in [1.54, 1.807) is 12.3 Å². The Morgan fingerprint density at radius 1 is 1.31 bits per heavy atom. The molecule has 0 bridgehead atoms. The zero-order chi connectivity index (χ0) is 16.8. The van der Waals surface area contributed by atoms with Gasteiger partial charge in [0.2, 0.25) is 11.8 Å². The number of aromatic nitrogens is 1. The maximum atomic E-state index is 12.2. The molecule has 2 N–H and O–H groups in total. The van der Waals surface area contributed by atoms with Crippen LogP contribution in [0.4, 0.5) is 5.69 Å². The second-order valence-corrected chi connectivity index (χ2v) is 6.02. The first-order chi connectivity index (χ1) is 11.7. The first-order valence-electron chi connectivity index (χ1n) is 8.49. The molecule has 1 aromatic carbocycles. The minimum Gasteiger partial charge on any atom is -0.439 e. The van der Waals surface area contributed by atoms with Crippen LogP contribution in [0.2, 0.25) is 0 Å².